The van der Waals surface area contributed by atoms with Gasteiger partial charge in [0.05, 0.1) is 18.1 Å². The van der Waals surface area contributed by atoms with Crippen molar-refractivity contribution in [3.8, 4) is 5.75 Å². The van der Waals surface area contributed by atoms with Crippen LogP contribution in [0.15, 0.2) is 52.1 Å². The molecule has 2 rings (SSSR count). The van der Waals surface area contributed by atoms with Crippen molar-refractivity contribution in [3.05, 3.63) is 58.3 Å². The Morgan fingerprint density at radius 1 is 1.25 bits per heavy atom. The summed E-state index contributed by atoms with van der Waals surface area (Å²) in [6, 6.07) is 11.9. The molecule has 6 heteroatoms. The quantitative estimate of drug-likeness (QED) is 0.563. The summed E-state index contributed by atoms with van der Waals surface area (Å²) in [4.78, 5) is 8.95. The van der Waals surface area contributed by atoms with Crippen LogP contribution in [0, 0.1) is 0 Å². The van der Waals surface area contributed by atoms with E-state index in [-0.39, 0.29) is 0 Å². The molecule has 2 N–H and O–H groups in total. The molecule has 128 valence electrons. The number of pyridine rings is 1. The van der Waals surface area contributed by atoms with Gasteiger partial charge in [0.15, 0.2) is 5.96 Å². The van der Waals surface area contributed by atoms with Gasteiger partial charge in [-0.2, -0.15) is 0 Å². The minimum atomic E-state index is 0.599. The van der Waals surface area contributed by atoms with E-state index in [4.69, 9.17) is 4.74 Å². The third-order valence-electron chi connectivity index (χ3n) is 3.38. The minimum Gasteiger partial charge on any atom is -0.496 e. The summed E-state index contributed by atoms with van der Waals surface area (Å²) < 4.78 is 6.18. The largest absolute Gasteiger partial charge is 0.496 e. The molecule has 24 heavy (non-hydrogen) atoms. The number of nitrogens with one attached hydrogen (secondary N) is 2. The lowest BCUT2D eigenvalue weighted by atomic mass is 10.2. The monoisotopic (exact) mass is 390 g/mol. The highest BCUT2D eigenvalue weighted by molar-refractivity contribution is 9.10. The van der Waals surface area contributed by atoms with E-state index in [1.165, 1.54) is 0 Å². The SMILES string of the molecule is CCNC(=NCc1ccc(OC)c(Br)c1)NCCc1ccccn1. The van der Waals surface area contributed by atoms with Gasteiger partial charge in [0.25, 0.3) is 0 Å². The van der Waals surface area contributed by atoms with Gasteiger partial charge in [-0.3, -0.25) is 4.98 Å². The summed E-state index contributed by atoms with van der Waals surface area (Å²) in [7, 11) is 1.66. The fraction of sp³-hybridized carbons (Fsp3) is 0.333. The second-order valence-electron chi connectivity index (χ2n) is 5.16. The number of aliphatic imine (C=N–C) groups is 1. The Morgan fingerprint density at radius 2 is 2.12 bits per heavy atom. The van der Waals surface area contributed by atoms with Crippen LogP contribution in [0.3, 0.4) is 0 Å². The van der Waals surface area contributed by atoms with Crippen molar-refractivity contribution >= 4 is 21.9 Å². The maximum absolute atomic E-state index is 5.25. The summed E-state index contributed by atoms with van der Waals surface area (Å²) in [6.07, 6.45) is 2.68. The van der Waals surface area contributed by atoms with Crippen LogP contribution in [0.4, 0.5) is 0 Å². The number of hydrogen-bond acceptors (Lipinski definition) is 3. The van der Waals surface area contributed by atoms with Crippen molar-refractivity contribution in [1.29, 1.82) is 0 Å². The number of nitrogens with zero attached hydrogens (tertiary/aromatic N) is 2. The molecule has 5 nitrogen and oxygen atoms in total. The molecule has 0 aliphatic carbocycles. The maximum atomic E-state index is 5.25. The van der Waals surface area contributed by atoms with Crippen molar-refractivity contribution < 1.29 is 4.74 Å². The van der Waals surface area contributed by atoms with E-state index in [9.17, 15) is 0 Å². The second-order valence-corrected chi connectivity index (χ2v) is 6.02. The van der Waals surface area contributed by atoms with Crippen LogP contribution < -0.4 is 15.4 Å². The third kappa shape index (κ3) is 5.85. The Labute approximate surface area is 151 Å². The zero-order chi connectivity index (χ0) is 17.2. The molecule has 0 aliphatic heterocycles. The van der Waals surface area contributed by atoms with E-state index < -0.39 is 0 Å². The van der Waals surface area contributed by atoms with Crippen molar-refractivity contribution in [2.24, 2.45) is 4.99 Å². The van der Waals surface area contributed by atoms with E-state index in [2.05, 4.69) is 43.5 Å². The van der Waals surface area contributed by atoms with Crippen molar-refractivity contribution in [2.45, 2.75) is 19.9 Å². The van der Waals surface area contributed by atoms with Crippen LogP contribution >= 0.6 is 15.9 Å². The summed E-state index contributed by atoms with van der Waals surface area (Å²) in [5, 5.41) is 6.60. The first-order valence-corrected chi connectivity index (χ1v) is 8.76. The van der Waals surface area contributed by atoms with E-state index in [1.807, 2.05) is 42.6 Å². The molecule has 0 saturated heterocycles. The highest BCUT2D eigenvalue weighted by Gasteiger charge is 2.02. The Hall–Kier alpha value is -2.08. The lowest BCUT2D eigenvalue weighted by Gasteiger charge is -2.11. The topological polar surface area (TPSA) is 58.5 Å². The molecule has 2 aromatic rings. The van der Waals surface area contributed by atoms with Gasteiger partial charge >= 0.3 is 0 Å². The van der Waals surface area contributed by atoms with Gasteiger partial charge in [-0.1, -0.05) is 12.1 Å². The molecule has 1 aromatic heterocycles. The highest BCUT2D eigenvalue weighted by atomic mass is 79.9. The van der Waals surface area contributed by atoms with Gasteiger partial charge in [0, 0.05) is 31.4 Å². The molecule has 0 atom stereocenters. The zero-order valence-corrected chi connectivity index (χ0v) is 15.6. The summed E-state index contributed by atoms with van der Waals surface area (Å²) >= 11 is 3.50. The number of benzene rings is 1. The summed E-state index contributed by atoms with van der Waals surface area (Å²) in [5.41, 5.74) is 2.18. The Kier molecular flexibility index (Phi) is 7.55. The average molecular weight is 391 g/mol. The standard InChI is InChI=1S/C18H23BrN4O/c1-3-20-18(22-11-9-15-6-4-5-10-21-15)23-13-14-7-8-17(24-2)16(19)12-14/h4-8,10,12H,3,9,11,13H2,1-2H3,(H2,20,22,23). The molecule has 0 aliphatic rings. The Bertz CT molecular complexity index is 661. The lowest BCUT2D eigenvalue weighted by Crippen LogP contribution is -2.38. The summed E-state index contributed by atoms with van der Waals surface area (Å²) in [6.45, 7) is 4.26. The highest BCUT2D eigenvalue weighted by Crippen LogP contribution is 2.25. The fourth-order valence-electron chi connectivity index (χ4n) is 2.18. The Morgan fingerprint density at radius 3 is 2.79 bits per heavy atom. The van der Waals surface area contributed by atoms with Crippen LogP contribution in [-0.2, 0) is 13.0 Å². The van der Waals surface area contributed by atoms with Crippen LogP contribution in [0.5, 0.6) is 5.75 Å². The molecule has 1 aromatic carbocycles. The van der Waals surface area contributed by atoms with Crippen LogP contribution in [0.1, 0.15) is 18.2 Å². The van der Waals surface area contributed by atoms with Crippen molar-refractivity contribution in [2.75, 3.05) is 20.2 Å². The lowest BCUT2D eigenvalue weighted by molar-refractivity contribution is 0.412. The first-order chi connectivity index (χ1) is 11.7. The number of rotatable bonds is 7. The molecule has 0 amide bonds. The predicted molar refractivity (Wildman–Crippen MR) is 101 cm³/mol. The first-order valence-electron chi connectivity index (χ1n) is 7.97. The third-order valence-corrected chi connectivity index (χ3v) is 4.00. The van der Waals surface area contributed by atoms with Gasteiger partial charge in [-0.25, -0.2) is 4.99 Å². The molecular weight excluding hydrogens is 368 g/mol. The van der Waals surface area contributed by atoms with E-state index in [0.717, 1.165) is 46.9 Å². The predicted octanol–water partition coefficient (Wildman–Crippen LogP) is 3.15. The summed E-state index contributed by atoms with van der Waals surface area (Å²) in [5.74, 6) is 1.63. The van der Waals surface area contributed by atoms with Crippen LogP contribution in [0.25, 0.3) is 0 Å². The number of hydrogen-bond donors (Lipinski definition) is 2. The molecule has 0 saturated carbocycles. The minimum absolute atomic E-state index is 0.599. The zero-order valence-electron chi connectivity index (χ0n) is 14.1. The van der Waals surface area contributed by atoms with Gasteiger partial charge in [0.2, 0.25) is 0 Å². The molecule has 0 fully saturated rings. The number of methoxy groups -OCH3 is 1. The van der Waals surface area contributed by atoms with Crippen LogP contribution in [-0.4, -0.2) is 31.1 Å². The smallest absolute Gasteiger partial charge is 0.191 e. The molecule has 0 radical (unpaired) electrons. The number of guanidine groups is 1. The molecule has 0 spiro atoms. The maximum Gasteiger partial charge on any atom is 0.191 e. The number of ether oxygens (including phenoxy) is 1. The molecular formula is C18H23BrN4O. The van der Waals surface area contributed by atoms with Gasteiger partial charge < -0.3 is 15.4 Å². The molecule has 0 unspecified atom stereocenters. The first kappa shape index (κ1) is 18.3. The Balaban J connectivity index is 1.91. The van der Waals surface area contributed by atoms with E-state index in [1.54, 1.807) is 7.11 Å². The molecule has 1 heterocycles. The van der Waals surface area contributed by atoms with Gasteiger partial charge in [-0.05, 0) is 52.7 Å². The average Bonchev–Trinajstić information content (AvgIpc) is 2.60. The van der Waals surface area contributed by atoms with E-state index >= 15 is 0 Å². The van der Waals surface area contributed by atoms with E-state index in [0.29, 0.717) is 6.54 Å². The van der Waals surface area contributed by atoms with Crippen molar-refractivity contribution in [3.63, 3.8) is 0 Å². The fourth-order valence-corrected chi connectivity index (χ4v) is 2.76. The van der Waals surface area contributed by atoms with Gasteiger partial charge in [0.1, 0.15) is 5.75 Å². The normalized spacial score (nSPS) is 11.2. The number of halogens is 1. The van der Waals surface area contributed by atoms with Crippen molar-refractivity contribution in [1.82, 2.24) is 15.6 Å². The molecule has 0 bridgehead atoms. The van der Waals surface area contributed by atoms with Gasteiger partial charge in [-0.15, -0.1) is 0 Å². The number of aromatic nitrogens is 1. The second kappa shape index (κ2) is 9.93. The van der Waals surface area contributed by atoms with Crippen LogP contribution in [0.2, 0.25) is 0 Å².